The molecule has 0 spiro atoms. The fraction of sp³-hybridized carbons (Fsp3) is 0.476. The van der Waals surface area contributed by atoms with Crippen LogP contribution < -0.4 is 0 Å². The summed E-state index contributed by atoms with van der Waals surface area (Å²) in [6, 6.07) is 10.6. The lowest BCUT2D eigenvalue weighted by Gasteiger charge is -2.33. The summed E-state index contributed by atoms with van der Waals surface area (Å²) in [5.74, 6) is 1.37. The van der Waals surface area contributed by atoms with Gasteiger partial charge in [0.05, 0.1) is 11.7 Å². The molecule has 0 saturated carbocycles. The van der Waals surface area contributed by atoms with Crippen LogP contribution in [0.5, 0.6) is 0 Å². The van der Waals surface area contributed by atoms with Gasteiger partial charge in [-0.3, -0.25) is 4.90 Å². The largest absolute Gasteiger partial charge is 0.421 e. The summed E-state index contributed by atoms with van der Waals surface area (Å²) in [5, 5.41) is 13.0. The predicted octanol–water partition coefficient (Wildman–Crippen LogP) is 3.83. The fourth-order valence-electron chi connectivity index (χ4n) is 4.20. The van der Waals surface area contributed by atoms with Crippen molar-refractivity contribution in [2.24, 2.45) is 0 Å². The van der Waals surface area contributed by atoms with Crippen molar-refractivity contribution in [3.8, 4) is 5.69 Å². The molecule has 2 aromatic heterocycles. The molecule has 28 heavy (non-hydrogen) atoms. The van der Waals surface area contributed by atoms with Crippen LogP contribution in [0.25, 0.3) is 5.69 Å². The normalized spacial score (nSPS) is 23.3. The van der Waals surface area contributed by atoms with E-state index in [0.29, 0.717) is 5.89 Å². The van der Waals surface area contributed by atoms with Gasteiger partial charge in [0.1, 0.15) is 6.10 Å². The molecule has 0 amide bonds. The average molecular weight is 379 g/mol. The summed E-state index contributed by atoms with van der Waals surface area (Å²) < 4.78 is 13.6. The van der Waals surface area contributed by atoms with Crippen molar-refractivity contribution in [2.75, 3.05) is 13.2 Å². The Labute approximate surface area is 164 Å². The minimum Gasteiger partial charge on any atom is -0.421 e. The highest BCUT2D eigenvalue weighted by Gasteiger charge is 2.31. The Morgan fingerprint density at radius 2 is 2.00 bits per heavy atom. The first kappa shape index (κ1) is 17.6. The first-order chi connectivity index (χ1) is 13.9. The predicted molar refractivity (Wildman–Crippen MR) is 103 cm³/mol. The van der Waals surface area contributed by atoms with Gasteiger partial charge >= 0.3 is 0 Å². The Hall–Kier alpha value is -2.51. The van der Waals surface area contributed by atoms with Crippen molar-refractivity contribution in [1.29, 1.82) is 0 Å². The van der Waals surface area contributed by atoms with Gasteiger partial charge in [-0.05, 0) is 56.0 Å². The molecule has 3 aromatic rings. The summed E-state index contributed by atoms with van der Waals surface area (Å²) in [5.41, 5.74) is 2.34. The second kappa shape index (κ2) is 7.85. The monoisotopic (exact) mass is 379 g/mol. The van der Waals surface area contributed by atoms with Crippen LogP contribution in [0.3, 0.4) is 0 Å². The van der Waals surface area contributed by atoms with E-state index in [1.165, 1.54) is 18.4 Å². The zero-order chi connectivity index (χ0) is 18.8. The van der Waals surface area contributed by atoms with Gasteiger partial charge in [-0.1, -0.05) is 18.6 Å². The molecule has 0 N–H and O–H groups in total. The van der Waals surface area contributed by atoms with E-state index in [1.807, 2.05) is 16.9 Å². The Bertz CT molecular complexity index is 901. The van der Waals surface area contributed by atoms with E-state index in [4.69, 9.17) is 9.15 Å². The molecule has 0 aliphatic carbocycles. The maximum absolute atomic E-state index is 6.05. The lowest BCUT2D eigenvalue weighted by Crippen LogP contribution is -2.33. The van der Waals surface area contributed by atoms with Crippen LogP contribution in [0.2, 0.25) is 0 Å². The van der Waals surface area contributed by atoms with Gasteiger partial charge in [-0.25, -0.2) is 4.68 Å². The van der Waals surface area contributed by atoms with Crippen molar-refractivity contribution < 1.29 is 9.15 Å². The van der Waals surface area contributed by atoms with Gasteiger partial charge in [-0.2, -0.15) is 5.10 Å². The summed E-state index contributed by atoms with van der Waals surface area (Å²) in [4.78, 5) is 2.46. The highest BCUT2D eigenvalue weighted by molar-refractivity contribution is 5.35. The summed E-state index contributed by atoms with van der Waals surface area (Å²) in [6.07, 6.45) is 9.20. The van der Waals surface area contributed by atoms with Crippen LogP contribution in [-0.4, -0.2) is 38.0 Å². The van der Waals surface area contributed by atoms with Crippen molar-refractivity contribution in [1.82, 2.24) is 24.9 Å². The van der Waals surface area contributed by atoms with Crippen molar-refractivity contribution >= 4 is 0 Å². The van der Waals surface area contributed by atoms with Crippen molar-refractivity contribution in [3.63, 3.8) is 0 Å². The molecule has 2 aliphatic heterocycles. The third-order valence-electron chi connectivity index (χ3n) is 5.63. The van der Waals surface area contributed by atoms with E-state index in [1.54, 1.807) is 6.20 Å². The highest BCUT2D eigenvalue weighted by atomic mass is 16.5. The van der Waals surface area contributed by atoms with Crippen LogP contribution in [0.4, 0.5) is 0 Å². The maximum Gasteiger partial charge on any atom is 0.245 e. The molecule has 4 heterocycles. The van der Waals surface area contributed by atoms with Gasteiger partial charge in [-0.15, -0.1) is 10.2 Å². The molecule has 0 unspecified atom stereocenters. The number of likely N-dealkylation sites (tertiary alicyclic amines) is 1. The van der Waals surface area contributed by atoms with Crippen LogP contribution >= 0.6 is 0 Å². The van der Waals surface area contributed by atoms with Crippen molar-refractivity contribution in [2.45, 2.75) is 50.8 Å². The van der Waals surface area contributed by atoms with E-state index in [2.05, 4.69) is 44.5 Å². The smallest absolute Gasteiger partial charge is 0.245 e. The summed E-state index contributed by atoms with van der Waals surface area (Å²) in [7, 11) is 0. The topological polar surface area (TPSA) is 69.2 Å². The Morgan fingerprint density at radius 1 is 1.04 bits per heavy atom. The van der Waals surface area contributed by atoms with Gasteiger partial charge in [0.25, 0.3) is 0 Å². The van der Waals surface area contributed by atoms with Crippen LogP contribution in [0, 0.1) is 0 Å². The molecule has 0 radical (unpaired) electrons. The van der Waals surface area contributed by atoms with E-state index in [9.17, 15) is 0 Å². The first-order valence-electron chi connectivity index (χ1n) is 10.1. The number of nitrogens with zero attached hydrogens (tertiary/aromatic N) is 5. The van der Waals surface area contributed by atoms with E-state index in [-0.39, 0.29) is 12.1 Å². The Kier molecular flexibility index (Phi) is 4.93. The maximum atomic E-state index is 6.05. The summed E-state index contributed by atoms with van der Waals surface area (Å²) >= 11 is 0. The molecule has 0 bridgehead atoms. The van der Waals surface area contributed by atoms with Crippen LogP contribution in [-0.2, 0) is 11.3 Å². The Balaban J connectivity index is 1.34. The van der Waals surface area contributed by atoms with Gasteiger partial charge < -0.3 is 9.15 Å². The number of ether oxygens (including phenoxy) is 1. The second-order valence-corrected chi connectivity index (χ2v) is 7.58. The van der Waals surface area contributed by atoms with Crippen LogP contribution in [0.15, 0.2) is 47.1 Å². The van der Waals surface area contributed by atoms with E-state index in [0.717, 1.165) is 50.5 Å². The molecule has 2 fully saturated rings. The second-order valence-electron chi connectivity index (χ2n) is 7.58. The number of piperidine rings is 1. The third kappa shape index (κ3) is 3.59. The molecule has 1 aromatic carbocycles. The van der Waals surface area contributed by atoms with Crippen molar-refractivity contribution in [3.05, 3.63) is 60.1 Å². The number of benzene rings is 1. The molecule has 2 saturated heterocycles. The number of aromatic nitrogens is 4. The lowest BCUT2D eigenvalue weighted by atomic mass is 10.0. The molecule has 2 aliphatic rings. The van der Waals surface area contributed by atoms with Crippen LogP contribution in [0.1, 0.15) is 61.6 Å². The minimum absolute atomic E-state index is 0.0240. The van der Waals surface area contributed by atoms with E-state index >= 15 is 0 Å². The highest BCUT2D eigenvalue weighted by Crippen LogP contribution is 2.34. The molecular weight excluding hydrogens is 354 g/mol. The van der Waals surface area contributed by atoms with Gasteiger partial charge in [0, 0.05) is 25.5 Å². The third-order valence-corrected chi connectivity index (χ3v) is 5.63. The number of hydrogen-bond donors (Lipinski definition) is 0. The number of rotatable bonds is 5. The SMILES string of the molecule is c1cc(CN2CCCC[C@@H]2c2nnc([C@H]3CCCO3)o2)cc(-n2cccn2)c1. The molecule has 5 rings (SSSR count). The number of hydrogen-bond acceptors (Lipinski definition) is 6. The fourth-order valence-corrected chi connectivity index (χ4v) is 4.20. The van der Waals surface area contributed by atoms with Gasteiger partial charge in [0.2, 0.25) is 11.8 Å². The molecule has 2 atom stereocenters. The zero-order valence-electron chi connectivity index (χ0n) is 15.9. The quantitative estimate of drug-likeness (QED) is 0.671. The average Bonchev–Trinajstić information content (AvgIpc) is 3.51. The first-order valence-corrected chi connectivity index (χ1v) is 10.1. The minimum atomic E-state index is -0.0240. The summed E-state index contributed by atoms with van der Waals surface area (Å²) in [6.45, 7) is 2.68. The molecule has 7 heteroatoms. The molecular formula is C21H25N5O2. The molecule has 146 valence electrons. The Morgan fingerprint density at radius 3 is 2.86 bits per heavy atom. The van der Waals surface area contributed by atoms with E-state index < -0.39 is 0 Å². The van der Waals surface area contributed by atoms with Gasteiger partial charge in [0.15, 0.2) is 0 Å². The molecule has 7 nitrogen and oxygen atoms in total. The standard InChI is InChI=1S/C21H25N5O2/c1-2-11-25(15-16-6-3-7-17(14-16)26-12-5-10-22-26)18(8-1)20-23-24-21(28-20)19-9-4-13-27-19/h3,5-7,10,12,14,18-19H,1-2,4,8-9,11,13,15H2/t18-,19-/m1/s1. The zero-order valence-corrected chi connectivity index (χ0v) is 15.9. The lowest BCUT2D eigenvalue weighted by molar-refractivity contribution is 0.0795.